The van der Waals surface area contributed by atoms with E-state index in [2.05, 4.69) is 4.98 Å². The van der Waals surface area contributed by atoms with Gasteiger partial charge < -0.3 is 10.2 Å². The number of para-hydroxylation sites is 1. The summed E-state index contributed by atoms with van der Waals surface area (Å²) >= 11 is 0. The highest BCUT2D eigenvalue weighted by Crippen LogP contribution is 2.19. The third kappa shape index (κ3) is 1.63. The average Bonchev–Trinajstić information content (AvgIpc) is 2.47. The van der Waals surface area contributed by atoms with Crippen LogP contribution in [0.1, 0.15) is 18.4 Å². The van der Waals surface area contributed by atoms with E-state index in [1.807, 2.05) is 32.0 Å². The smallest absolute Gasteiger partial charge is 0.197 e. The summed E-state index contributed by atoms with van der Waals surface area (Å²) in [5.41, 5.74) is 8.62. The van der Waals surface area contributed by atoms with Crippen LogP contribution in [0.25, 0.3) is 11.1 Å². The molecule has 0 aliphatic rings. The molecule has 0 radical (unpaired) electrons. The lowest BCUT2D eigenvalue weighted by Gasteiger charge is -1.97. The van der Waals surface area contributed by atoms with Crippen LogP contribution in [0.2, 0.25) is 0 Å². The van der Waals surface area contributed by atoms with Gasteiger partial charge >= 0.3 is 0 Å². The van der Waals surface area contributed by atoms with E-state index >= 15 is 0 Å². The van der Waals surface area contributed by atoms with Crippen molar-refractivity contribution in [2.45, 2.75) is 26.3 Å². The van der Waals surface area contributed by atoms with E-state index in [1.54, 1.807) is 0 Å². The molecular weight excluding hydrogens is 176 g/mol. The van der Waals surface area contributed by atoms with E-state index in [0.29, 0.717) is 6.42 Å². The average molecular weight is 190 g/mol. The van der Waals surface area contributed by atoms with Crippen LogP contribution < -0.4 is 5.73 Å². The molecule has 0 amide bonds. The number of hydrogen-bond donors (Lipinski definition) is 1. The molecule has 0 bridgehead atoms. The monoisotopic (exact) mass is 190 g/mol. The molecule has 74 valence electrons. The van der Waals surface area contributed by atoms with E-state index in [0.717, 1.165) is 22.6 Å². The molecule has 0 aliphatic heterocycles. The van der Waals surface area contributed by atoms with Crippen LogP contribution >= 0.6 is 0 Å². The third-order valence-corrected chi connectivity index (χ3v) is 2.16. The van der Waals surface area contributed by atoms with Crippen molar-refractivity contribution in [3.05, 3.63) is 29.7 Å². The summed E-state index contributed by atoms with van der Waals surface area (Å²) in [6.45, 7) is 3.97. The van der Waals surface area contributed by atoms with Gasteiger partial charge in [0, 0.05) is 12.5 Å². The van der Waals surface area contributed by atoms with Crippen molar-refractivity contribution in [1.29, 1.82) is 0 Å². The van der Waals surface area contributed by atoms with E-state index in [-0.39, 0.29) is 6.04 Å². The van der Waals surface area contributed by atoms with Crippen molar-refractivity contribution in [3.63, 3.8) is 0 Å². The first-order valence-electron chi connectivity index (χ1n) is 4.77. The molecule has 2 N–H and O–H groups in total. The molecule has 0 saturated heterocycles. The lowest BCUT2D eigenvalue weighted by molar-refractivity contribution is 0.507. The Morgan fingerprint density at radius 3 is 2.93 bits per heavy atom. The van der Waals surface area contributed by atoms with Crippen LogP contribution in [0.3, 0.4) is 0 Å². The largest absolute Gasteiger partial charge is 0.441 e. The van der Waals surface area contributed by atoms with Crippen LogP contribution in [0.4, 0.5) is 0 Å². The molecule has 1 aromatic carbocycles. The molecule has 1 atom stereocenters. The molecule has 3 nitrogen and oxygen atoms in total. The van der Waals surface area contributed by atoms with Crippen molar-refractivity contribution < 1.29 is 4.42 Å². The molecular formula is C11H14N2O. The Bertz CT molecular complexity index is 445. The van der Waals surface area contributed by atoms with Gasteiger partial charge in [-0.1, -0.05) is 12.1 Å². The Labute approximate surface area is 82.9 Å². The van der Waals surface area contributed by atoms with Gasteiger partial charge in [-0.3, -0.25) is 0 Å². The van der Waals surface area contributed by atoms with Crippen LogP contribution in [0.15, 0.2) is 22.6 Å². The molecule has 0 aliphatic carbocycles. The fourth-order valence-corrected chi connectivity index (χ4v) is 1.49. The summed E-state index contributed by atoms with van der Waals surface area (Å²) in [5.74, 6) is 0.726. The van der Waals surface area contributed by atoms with E-state index in [1.165, 1.54) is 0 Å². The molecule has 1 unspecified atom stereocenters. The van der Waals surface area contributed by atoms with E-state index < -0.39 is 0 Å². The highest BCUT2D eigenvalue weighted by Gasteiger charge is 2.08. The Kier molecular flexibility index (Phi) is 2.25. The Morgan fingerprint density at radius 1 is 1.50 bits per heavy atom. The van der Waals surface area contributed by atoms with Crippen molar-refractivity contribution >= 4 is 11.1 Å². The third-order valence-electron chi connectivity index (χ3n) is 2.16. The number of aromatic nitrogens is 1. The summed E-state index contributed by atoms with van der Waals surface area (Å²) in [4.78, 5) is 4.41. The topological polar surface area (TPSA) is 52.0 Å². The Balaban J connectivity index is 2.46. The number of rotatable bonds is 2. The van der Waals surface area contributed by atoms with Gasteiger partial charge in [0.2, 0.25) is 0 Å². The number of benzene rings is 1. The number of nitrogens with two attached hydrogens (primary N) is 1. The SMILES string of the molecule is Cc1cccc2oc(CC(C)N)nc12. The first-order valence-corrected chi connectivity index (χ1v) is 4.77. The normalized spacial score (nSPS) is 13.4. The molecule has 0 saturated carbocycles. The standard InChI is InChI=1S/C11H14N2O/c1-7-4-3-5-9-11(7)13-10(14-9)6-8(2)12/h3-5,8H,6,12H2,1-2H3. The summed E-state index contributed by atoms with van der Waals surface area (Å²) in [7, 11) is 0. The van der Waals surface area contributed by atoms with Crippen LogP contribution in [-0.2, 0) is 6.42 Å². The van der Waals surface area contributed by atoms with E-state index in [4.69, 9.17) is 10.2 Å². The Hall–Kier alpha value is -1.35. The second-order valence-electron chi connectivity index (χ2n) is 3.71. The second kappa shape index (κ2) is 3.42. The fourth-order valence-electron chi connectivity index (χ4n) is 1.49. The number of aryl methyl sites for hydroxylation is 1. The Morgan fingerprint density at radius 2 is 2.29 bits per heavy atom. The molecule has 3 heteroatoms. The summed E-state index contributed by atoms with van der Waals surface area (Å²) < 4.78 is 5.57. The first kappa shape index (κ1) is 9.21. The van der Waals surface area contributed by atoms with Crippen molar-refractivity contribution in [1.82, 2.24) is 4.98 Å². The maximum atomic E-state index is 5.68. The van der Waals surface area contributed by atoms with Crippen LogP contribution in [0, 0.1) is 6.92 Å². The van der Waals surface area contributed by atoms with Gasteiger partial charge in [-0.05, 0) is 25.5 Å². The van der Waals surface area contributed by atoms with Gasteiger partial charge in [0.1, 0.15) is 5.52 Å². The first-order chi connectivity index (χ1) is 6.66. The summed E-state index contributed by atoms with van der Waals surface area (Å²) in [6, 6.07) is 6.02. The predicted molar refractivity (Wildman–Crippen MR) is 56.1 cm³/mol. The van der Waals surface area contributed by atoms with Crippen molar-refractivity contribution in [3.8, 4) is 0 Å². The maximum Gasteiger partial charge on any atom is 0.197 e. The highest BCUT2D eigenvalue weighted by molar-refractivity contribution is 5.76. The highest BCUT2D eigenvalue weighted by atomic mass is 16.3. The lowest BCUT2D eigenvalue weighted by Crippen LogP contribution is -2.17. The number of fused-ring (bicyclic) bond motifs is 1. The maximum absolute atomic E-state index is 5.68. The molecule has 1 aromatic heterocycles. The van der Waals surface area contributed by atoms with Gasteiger partial charge in [-0.15, -0.1) is 0 Å². The number of oxazole rings is 1. The summed E-state index contributed by atoms with van der Waals surface area (Å²) in [6.07, 6.45) is 0.689. The van der Waals surface area contributed by atoms with E-state index in [9.17, 15) is 0 Å². The number of nitrogens with zero attached hydrogens (tertiary/aromatic N) is 1. The summed E-state index contributed by atoms with van der Waals surface area (Å²) in [5, 5.41) is 0. The zero-order valence-corrected chi connectivity index (χ0v) is 8.45. The lowest BCUT2D eigenvalue weighted by atomic mass is 10.2. The number of hydrogen-bond acceptors (Lipinski definition) is 3. The van der Waals surface area contributed by atoms with Crippen LogP contribution in [0.5, 0.6) is 0 Å². The quantitative estimate of drug-likeness (QED) is 0.788. The second-order valence-corrected chi connectivity index (χ2v) is 3.71. The molecule has 0 spiro atoms. The molecule has 14 heavy (non-hydrogen) atoms. The van der Waals surface area contributed by atoms with Gasteiger partial charge in [0.15, 0.2) is 11.5 Å². The van der Waals surface area contributed by atoms with Gasteiger partial charge in [0.25, 0.3) is 0 Å². The minimum atomic E-state index is 0.0865. The molecule has 2 aromatic rings. The minimum Gasteiger partial charge on any atom is -0.441 e. The van der Waals surface area contributed by atoms with Crippen molar-refractivity contribution in [2.24, 2.45) is 5.73 Å². The zero-order chi connectivity index (χ0) is 10.1. The minimum absolute atomic E-state index is 0.0865. The van der Waals surface area contributed by atoms with Crippen LogP contribution in [-0.4, -0.2) is 11.0 Å². The molecule has 2 rings (SSSR count). The van der Waals surface area contributed by atoms with Gasteiger partial charge in [0.05, 0.1) is 0 Å². The molecule has 0 fully saturated rings. The fraction of sp³-hybridized carbons (Fsp3) is 0.364. The molecule has 1 heterocycles. The zero-order valence-electron chi connectivity index (χ0n) is 8.45. The predicted octanol–water partition coefficient (Wildman–Crippen LogP) is 2.03. The van der Waals surface area contributed by atoms with Crippen molar-refractivity contribution in [2.75, 3.05) is 0 Å². The van der Waals surface area contributed by atoms with Gasteiger partial charge in [-0.2, -0.15) is 0 Å². The van der Waals surface area contributed by atoms with Gasteiger partial charge in [-0.25, -0.2) is 4.98 Å².